The molecule has 0 bridgehead atoms. The van der Waals surface area contributed by atoms with E-state index in [1.807, 2.05) is 23.8 Å². The molecule has 0 spiro atoms. The maximum atomic E-state index is 6.23. The first kappa shape index (κ1) is 15.2. The lowest BCUT2D eigenvalue weighted by Gasteiger charge is -2.17. The Morgan fingerprint density at radius 2 is 2.10 bits per heavy atom. The number of nitrogens with one attached hydrogen (secondary N) is 1. The van der Waals surface area contributed by atoms with E-state index in [0.29, 0.717) is 22.6 Å². The van der Waals surface area contributed by atoms with E-state index in [2.05, 4.69) is 17.2 Å². The average Bonchev–Trinajstić information content (AvgIpc) is 2.84. The fourth-order valence-electron chi connectivity index (χ4n) is 1.95. The first-order chi connectivity index (χ1) is 9.52. The van der Waals surface area contributed by atoms with Crippen LogP contribution in [0.1, 0.15) is 18.5 Å². The summed E-state index contributed by atoms with van der Waals surface area (Å²) in [6.07, 6.45) is 3.63. The van der Waals surface area contributed by atoms with Crippen LogP contribution in [0.25, 0.3) is 0 Å². The van der Waals surface area contributed by atoms with Crippen molar-refractivity contribution in [2.75, 3.05) is 19.0 Å². The van der Waals surface area contributed by atoms with Crippen molar-refractivity contribution < 1.29 is 4.74 Å². The highest BCUT2D eigenvalue weighted by Crippen LogP contribution is 2.31. The highest BCUT2D eigenvalue weighted by atomic mass is 35.5. The predicted octanol–water partition coefficient (Wildman–Crippen LogP) is 4.45. The second kappa shape index (κ2) is 6.48. The van der Waals surface area contributed by atoms with Crippen molar-refractivity contribution in [1.29, 1.82) is 0 Å². The van der Waals surface area contributed by atoms with Gasteiger partial charge in [0.15, 0.2) is 0 Å². The van der Waals surface area contributed by atoms with E-state index in [0.717, 1.165) is 11.3 Å². The van der Waals surface area contributed by atoms with E-state index in [1.165, 1.54) is 0 Å². The van der Waals surface area contributed by atoms with Gasteiger partial charge in [-0.2, -0.15) is 0 Å². The van der Waals surface area contributed by atoms with Crippen molar-refractivity contribution in [2.45, 2.75) is 19.9 Å². The van der Waals surface area contributed by atoms with E-state index in [-0.39, 0.29) is 6.04 Å². The second-order valence-corrected chi connectivity index (χ2v) is 5.48. The zero-order chi connectivity index (χ0) is 14.7. The van der Waals surface area contributed by atoms with Gasteiger partial charge in [-0.05, 0) is 31.5 Å². The van der Waals surface area contributed by atoms with Crippen molar-refractivity contribution in [3.8, 4) is 0 Å². The lowest BCUT2D eigenvalue weighted by molar-refractivity contribution is 0.163. The number of hydrogen-bond donors (Lipinski definition) is 1. The number of aryl methyl sites for hydroxylation is 1. The van der Waals surface area contributed by atoms with Crippen LogP contribution in [0.3, 0.4) is 0 Å². The highest BCUT2D eigenvalue weighted by molar-refractivity contribution is 6.35. The zero-order valence-electron chi connectivity index (χ0n) is 11.7. The molecule has 2 aromatic rings. The van der Waals surface area contributed by atoms with Crippen LogP contribution < -0.4 is 5.32 Å². The summed E-state index contributed by atoms with van der Waals surface area (Å²) < 4.78 is 7.16. The van der Waals surface area contributed by atoms with Gasteiger partial charge in [0.05, 0.1) is 23.4 Å². The van der Waals surface area contributed by atoms with Gasteiger partial charge in [0.25, 0.3) is 0 Å². The Balaban J connectivity index is 2.27. The first-order valence-corrected chi connectivity index (χ1v) is 7.03. The minimum absolute atomic E-state index is 0.171. The highest BCUT2D eigenvalue weighted by Gasteiger charge is 2.12. The molecular formula is C14H17Cl2N3O. The summed E-state index contributed by atoms with van der Waals surface area (Å²) in [5.74, 6) is 0.705. The third kappa shape index (κ3) is 3.26. The van der Waals surface area contributed by atoms with Crippen LogP contribution in [0, 0.1) is 6.92 Å². The Bertz CT molecular complexity index is 598. The molecule has 1 unspecified atom stereocenters. The van der Waals surface area contributed by atoms with Crippen molar-refractivity contribution in [3.63, 3.8) is 0 Å². The molecule has 0 aliphatic carbocycles. The summed E-state index contributed by atoms with van der Waals surface area (Å²) in [7, 11) is 1.68. The van der Waals surface area contributed by atoms with E-state index >= 15 is 0 Å². The SMILES string of the molecule is COCC(C)n1ccnc1Nc1cc(Cl)c(C)cc1Cl. The summed E-state index contributed by atoms with van der Waals surface area (Å²) in [6.45, 7) is 4.58. The van der Waals surface area contributed by atoms with Gasteiger partial charge in [0.1, 0.15) is 0 Å². The molecular weight excluding hydrogens is 297 g/mol. The quantitative estimate of drug-likeness (QED) is 0.886. The third-order valence-electron chi connectivity index (χ3n) is 3.05. The van der Waals surface area contributed by atoms with Crippen molar-refractivity contribution >= 4 is 34.8 Å². The molecule has 0 aliphatic rings. The molecule has 1 aromatic carbocycles. The number of methoxy groups -OCH3 is 1. The Morgan fingerprint density at radius 1 is 1.35 bits per heavy atom. The van der Waals surface area contributed by atoms with Crippen LogP contribution in [0.15, 0.2) is 24.5 Å². The standard InChI is InChI=1S/C14H17Cl2N3O/c1-9-6-12(16)13(7-11(9)15)18-14-17-4-5-19(14)10(2)8-20-3/h4-7,10H,8H2,1-3H3,(H,17,18). The van der Waals surface area contributed by atoms with Gasteiger partial charge in [0.2, 0.25) is 5.95 Å². The van der Waals surface area contributed by atoms with Crippen LogP contribution in [-0.4, -0.2) is 23.3 Å². The average molecular weight is 314 g/mol. The number of hydrogen-bond acceptors (Lipinski definition) is 3. The maximum absolute atomic E-state index is 6.23. The van der Waals surface area contributed by atoms with Crippen LogP contribution in [0.5, 0.6) is 0 Å². The van der Waals surface area contributed by atoms with Gasteiger partial charge < -0.3 is 14.6 Å². The smallest absolute Gasteiger partial charge is 0.207 e. The van der Waals surface area contributed by atoms with Crippen LogP contribution in [-0.2, 0) is 4.74 Å². The number of ether oxygens (including phenoxy) is 1. The number of imidazole rings is 1. The molecule has 0 radical (unpaired) electrons. The molecule has 1 aromatic heterocycles. The Kier molecular flexibility index (Phi) is 4.91. The Labute approximate surface area is 128 Å². The van der Waals surface area contributed by atoms with Crippen molar-refractivity contribution in [3.05, 3.63) is 40.1 Å². The minimum atomic E-state index is 0.171. The monoisotopic (exact) mass is 313 g/mol. The summed E-state index contributed by atoms with van der Waals surface area (Å²) in [5.41, 5.74) is 1.68. The molecule has 0 amide bonds. The predicted molar refractivity (Wildman–Crippen MR) is 83.3 cm³/mol. The molecule has 1 heterocycles. The normalized spacial score (nSPS) is 12.4. The molecule has 1 N–H and O–H groups in total. The summed E-state index contributed by atoms with van der Waals surface area (Å²) in [6, 6.07) is 3.81. The van der Waals surface area contributed by atoms with Crippen LogP contribution in [0.2, 0.25) is 10.0 Å². The number of halogens is 2. The topological polar surface area (TPSA) is 39.1 Å². The largest absolute Gasteiger partial charge is 0.383 e. The van der Waals surface area contributed by atoms with Gasteiger partial charge >= 0.3 is 0 Å². The molecule has 0 fully saturated rings. The van der Waals surface area contributed by atoms with Gasteiger partial charge in [-0.3, -0.25) is 0 Å². The fourth-order valence-corrected chi connectivity index (χ4v) is 2.38. The third-order valence-corrected chi connectivity index (χ3v) is 3.77. The Hall–Kier alpha value is -1.23. The van der Waals surface area contributed by atoms with E-state index in [4.69, 9.17) is 27.9 Å². The number of aromatic nitrogens is 2. The second-order valence-electron chi connectivity index (χ2n) is 4.67. The Morgan fingerprint density at radius 3 is 2.80 bits per heavy atom. The van der Waals surface area contributed by atoms with E-state index in [1.54, 1.807) is 19.4 Å². The van der Waals surface area contributed by atoms with Crippen molar-refractivity contribution in [2.24, 2.45) is 0 Å². The van der Waals surface area contributed by atoms with Gasteiger partial charge in [-0.15, -0.1) is 0 Å². The molecule has 0 saturated carbocycles. The van der Waals surface area contributed by atoms with E-state index in [9.17, 15) is 0 Å². The summed E-state index contributed by atoms with van der Waals surface area (Å²) in [4.78, 5) is 4.30. The van der Waals surface area contributed by atoms with Gasteiger partial charge in [-0.25, -0.2) is 4.98 Å². The molecule has 2 rings (SSSR count). The fraction of sp³-hybridized carbons (Fsp3) is 0.357. The van der Waals surface area contributed by atoms with Crippen molar-refractivity contribution in [1.82, 2.24) is 9.55 Å². The number of rotatable bonds is 5. The number of benzene rings is 1. The minimum Gasteiger partial charge on any atom is -0.383 e. The summed E-state index contributed by atoms with van der Waals surface area (Å²) >= 11 is 12.4. The van der Waals surface area contributed by atoms with Gasteiger partial charge in [0, 0.05) is 24.5 Å². The zero-order valence-corrected chi connectivity index (χ0v) is 13.2. The summed E-state index contributed by atoms with van der Waals surface area (Å²) in [5, 5.41) is 4.49. The molecule has 1 atom stereocenters. The molecule has 20 heavy (non-hydrogen) atoms. The van der Waals surface area contributed by atoms with Crippen LogP contribution in [0.4, 0.5) is 11.6 Å². The molecule has 6 heteroatoms. The molecule has 0 saturated heterocycles. The van der Waals surface area contributed by atoms with Crippen LogP contribution >= 0.6 is 23.2 Å². The maximum Gasteiger partial charge on any atom is 0.207 e. The van der Waals surface area contributed by atoms with E-state index < -0.39 is 0 Å². The molecule has 4 nitrogen and oxygen atoms in total. The van der Waals surface area contributed by atoms with Gasteiger partial charge in [-0.1, -0.05) is 23.2 Å². The number of nitrogens with zero attached hydrogens (tertiary/aromatic N) is 2. The molecule has 0 aliphatic heterocycles. The first-order valence-electron chi connectivity index (χ1n) is 6.27. The lowest BCUT2D eigenvalue weighted by Crippen LogP contribution is -2.12. The molecule has 108 valence electrons. The number of anilines is 2. The lowest BCUT2D eigenvalue weighted by atomic mass is 10.2.